The normalized spacial score (nSPS) is 16.2. The third-order valence-electron chi connectivity index (χ3n) is 3.08. The Kier molecular flexibility index (Phi) is 2.86. The summed E-state index contributed by atoms with van der Waals surface area (Å²) >= 11 is 0. The number of aryl methyl sites for hydroxylation is 1. The first kappa shape index (κ1) is 10.4. The zero-order valence-corrected chi connectivity index (χ0v) is 9.29. The number of rotatable bonds is 3. The Labute approximate surface area is 89.8 Å². The summed E-state index contributed by atoms with van der Waals surface area (Å²) in [6, 6.07) is 0. The fourth-order valence-electron chi connectivity index (χ4n) is 1.62. The molecule has 0 aliphatic heterocycles. The lowest BCUT2D eigenvalue weighted by molar-refractivity contribution is 0.112. The molecule has 0 spiro atoms. The molecule has 0 amide bonds. The molecule has 4 nitrogen and oxygen atoms in total. The summed E-state index contributed by atoms with van der Waals surface area (Å²) in [4.78, 5) is 0. The lowest BCUT2D eigenvalue weighted by Gasteiger charge is -2.26. The van der Waals surface area contributed by atoms with Gasteiger partial charge in [0.25, 0.3) is 0 Å². The molecule has 2 N–H and O–H groups in total. The van der Waals surface area contributed by atoms with Crippen LogP contribution in [0.5, 0.6) is 5.88 Å². The fraction of sp³-hybridized carbons (Fsp3) is 0.636. The second-order valence-electron chi connectivity index (χ2n) is 4.07. The first-order valence-corrected chi connectivity index (χ1v) is 5.42. The zero-order chi connectivity index (χ0) is 10.8. The van der Waals surface area contributed by atoms with Crippen LogP contribution in [0.25, 0.3) is 0 Å². The van der Waals surface area contributed by atoms with Gasteiger partial charge in [0, 0.05) is 12.1 Å². The number of hydrogen-bond donors (Lipinski definition) is 1. The van der Waals surface area contributed by atoms with E-state index in [1.807, 2.05) is 13.8 Å². The van der Waals surface area contributed by atoms with Crippen molar-refractivity contribution in [1.29, 1.82) is 0 Å². The van der Waals surface area contributed by atoms with E-state index in [2.05, 4.69) is 10.2 Å². The Balaban J connectivity index is 2.25. The van der Waals surface area contributed by atoms with Crippen molar-refractivity contribution in [3.63, 3.8) is 0 Å². The van der Waals surface area contributed by atoms with E-state index in [1.165, 1.54) is 6.42 Å². The van der Waals surface area contributed by atoms with Crippen LogP contribution in [0, 0.1) is 13.8 Å². The minimum Gasteiger partial charge on any atom is -0.473 e. The molecule has 1 aliphatic rings. The largest absolute Gasteiger partial charge is 0.473 e. The van der Waals surface area contributed by atoms with Gasteiger partial charge in [-0.1, -0.05) is 0 Å². The average Bonchev–Trinajstić information content (AvgIpc) is 2.17. The Bertz CT molecular complexity index is 361. The maximum Gasteiger partial charge on any atom is 0.238 e. The van der Waals surface area contributed by atoms with E-state index in [0.717, 1.165) is 29.7 Å². The molecule has 1 heterocycles. The highest BCUT2D eigenvalue weighted by Crippen LogP contribution is 2.27. The highest BCUT2D eigenvalue weighted by molar-refractivity contribution is 5.35. The van der Waals surface area contributed by atoms with Crippen LogP contribution in [0.4, 0.5) is 0 Å². The molecule has 0 aromatic carbocycles. The number of ether oxygens (including phenoxy) is 1. The van der Waals surface area contributed by atoms with Gasteiger partial charge in [-0.3, -0.25) is 0 Å². The van der Waals surface area contributed by atoms with E-state index >= 15 is 0 Å². The lowest BCUT2D eigenvalue weighted by atomic mass is 9.96. The molecule has 0 radical (unpaired) electrons. The first-order valence-electron chi connectivity index (χ1n) is 5.42. The summed E-state index contributed by atoms with van der Waals surface area (Å²) in [6.07, 6.45) is 3.82. The van der Waals surface area contributed by atoms with E-state index in [1.54, 1.807) is 0 Å². The van der Waals surface area contributed by atoms with E-state index in [0.29, 0.717) is 18.5 Å². The van der Waals surface area contributed by atoms with Gasteiger partial charge in [-0.15, -0.1) is 5.10 Å². The van der Waals surface area contributed by atoms with E-state index in [4.69, 9.17) is 10.5 Å². The van der Waals surface area contributed by atoms with Gasteiger partial charge in [0.05, 0.1) is 5.69 Å². The van der Waals surface area contributed by atoms with Gasteiger partial charge in [-0.2, -0.15) is 5.10 Å². The third kappa shape index (κ3) is 1.95. The van der Waals surface area contributed by atoms with Gasteiger partial charge in [-0.05, 0) is 38.7 Å². The van der Waals surface area contributed by atoms with Crippen LogP contribution < -0.4 is 10.5 Å². The quantitative estimate of drug-likeness (QED) is 0.815. The Morgan fingerprint density at radius 1 is 1.33 bits per heavy atom. The standard InChI is InChI=1S/C11H17N3O/c1-7-8(2)13-14-11(10(7)6-12)15-9-4-3-5-9/h9H,3-6,12H2,1-2H3. The van der Waals surface area contributed by atoms with Gasteiger partial charge < -0.3 is 10.5 Å². The van der Waals surface area contributed by atoms with Crippen molar-refractivity contribution in [2.45, 2.75) is 45.8 Å². The van der Waals surface area contributed by atoms with Crippen molar-refractivity contribution in [3.8, 4) is 5.88 Å². The van der Waals surface area contributed by atoms with Gasteiger partial charge in [0.2, 0.25) is 5.88 Å². The molecule has 1 aromatic heterocycles. The number of nitrogens with zero attached hydrogens (tertiary/aromatic N) is 2. The molecule has 1 fully saturated rings. The van der Waals surface area contributed by atoms with Crippen LogP contribution in [0.2, 0.25) is 0 Å². The Morgan fingerprint density at radius 2 is 2.07 bits per heavy atom. The van der Waals surface area contributed by atoms with E-state index in [9.17, 15) is 0 Å². The molecule has 0 unspecified atom stereocenters. The zero-order valence-electron chi connectivity index (χ0n) is 9.29. The Hall–Kier alpha value is -1.16. The van der Waals surface area contributed by atoms with Crippen LogP contribution in [-0.4, -0.2) is 16.3 Å². The van der Waals surface area contributed by atoms with Gasteiger partial charge >= 0.3 is 0 Å². The van der Waals surface area contributed by atoms with Crippen molar-refractivity contribution in [2.75, 3.05) is 0 Å². The summed E-state index contributed by atoms with van der Waals surface area (Å²) in [5.74, 6) is 0.630. The van der Waals surface area contributed by atoms with Crippen LogP contribution in [-0.2, 0) is 6.54 Å². The van der Waals surface area contributed by atoms with Crippen molar-refractivity contribution in [2.24, 2.45) is 5.73 Å². The summed E-state index contributed by atoms with van der Waals surface area (Å²) in [5.41, 5.74) is 8.73. The highest BCUT2D eigenvalue weighted by Gasteiger charge is 2.22. The highest BCUT2D eigenvalue weighted by atomic mass is 16.5. The molecular weight excluding hydrogens is 190 g/mol. The van der Waals surface area contributed by atoms with Crippen molar-refractivity contribution >= 4 is 0 Å². The average molecular weight is 207 g/mol. The topological polar surface area (TPSA) is 61.0 Å². The molecule has 15 heavy (non-hydrogen) atoms. The van der Waals surface area contributed by atoms with Crippen molar-refractivity contribution in [3.05, 3.63) is 16.8 Å². The molecule has 82 valence electrons. The van der Waals surface area contributed by atoms with Crippen molar-refractivity contribution in [1.82, 2.24) is 10.2 Å². The molecule has 0 saturated heterocycles. The molecule has 2 rings (SSSR count). The maximum atomic E-state index is 5.75. The van der Waals surface area contributed by atoms with Crippen LogP contribution in [0.1, 0.15) is 36.1 Å². The predicted octanol–water partition coefficient (Wildman–Crippen LogP) is 1.48. The van der Waals surface area contributed by atoms with Gasteiger partial charge in [0.1, 0.15) is 6.10 Å². The predicted molar refractivity (Wildman–Crippen MR) is 57.7 cm³/mol. The van der Waals surface area contributed by atoms with Crippen LogP contribution in [0.3, 0.4) is 0 Å². The number of aromatic nitrogens is 2. The second-order valence-corrected chi connectivity index (χ2v) is 4.07. The summed E-state index contributed by atoms with van der Waals surface area (Å²) < 4.78 is 5.75. The minimum atomic E-state index is 0.326. The summed E-state index contributed by atoms with van der Waals surface area (Å²) in [6.45, 7) is 4.42. The smallest absolute Gasteiger partial charge is 0.238 e. The van der Waals surface area contributed by atoms with Gasteiger partial charge in [-0.25, -0.2) is 0 Å². The Morgan fingerprint density at radius 3 is 2.60 bits per heavy atom. The maximum absolute atomic E-state index is 5.75. The molecule has 1 aliphatic carbocycles. The number of nitrogens with two attached hydrogens (primary N) is 1. The summed E-state index contributed by atoms with van der Waals surface area (Å²) in [7, 11) is 0. The van der Waals surface area contributed by atoms with E-state index in [-0.39, 0.29) is 0 Å². The molecule has 1 aromatic rings. The monoisotopic (exact) mass is 207 g/mol. The molecule has 0 atom stereocenters. The van der Waals surface area contributed by atoms with Crippen LogP contribution >= 0.6 is 0 Å². The lowest BCUT2D eigenvalue weighted by Crippen LogP contribution is -2.26. The second kappa shape index (κ2) is 4.14. The fourth-order valence-corrected chi connectivity index (χ4v) is 1.62. The number of hydrogen-bond acceptors (Lipinski definition) is 4. The molecule has 4 heteroatoms. The molecule has 0 bridgehead atoms. The van der Waals surface area contributed by atoms with E-state index < -0.39 is 0 Å². The summed E-state index contributed by atoms with van der Waals surface area (Å²) in [5, 5.41) is 8.15. The minimum absolute atomic E-state index is 0.326. The SMILES string of the molecule is Cc1nnc(OC2CCC2)c(CN)c1C. The van der Waals surface area contributed by atoms with Crippen LogP contribution in [0.15, 0.2) is 0 Å². The molecular formula is C11H17N3O. The van der Waals surface area contributed by atoms with Gasteiger partial charge in [0.15, 0.2) is 0 Å². The first-order chi connectivity index (χ1) is 7.22. The third-order valence-corrected chi connectivity index (χ3v) is 3.08. The van der Waals surface area contributed by atoms with Crippen molar-refractivity contribution < 1.29 is 4.74 Å². The molecule has 1 saturated carbocycles.